The predicted octanol–water partition coefficient (Wildman–Crippen LogP) is 2.84. The van der Waals surface area contributed by atoms with E-state index in [1.54, 1.807) is 4.90 Å². The SMILES string of the molecule is CC(N)c1c(F)cc(N2CCOCC2CC(F)F)cc1F. The van der Waals surface area contributed by atoms with Crippen LogP contribution >= 0.6 is 0 Å². The second kappa shape index (κ2) is 6.62. The largest absolute Gasteiger partial charge is 0.377 e. The van der Waals surface area contributed by atoms with Gasteiger partial charge in [-0.1, -0.05) is 0 Å². The summed E-state index contributed by atoms with van der Waals surface area (Å²) in [5.74, 6) is -1.52. The number of nitrogens with zero attached hydrogens (tertiary/aromatic N) is 1. The molecule has 0 aliphatic carbocycles. The first-order chi connectivity index (χ1) is 9.90. The van der Waals surface area contributed by atoms with Crippen LogP contribution in [0.15, 0.2) is 12.1 Å². The number of benzene rings is 1. The van der Waals surface area contributed by atoms with Gasteiger partial charge in [-0.05, 0) is 19.1 Å². The van der Waals surface area contributed by atoms with Crippen LogP contribution < -0.4 is 10.6 Å². The fraction of sp³-hybridized carbons (Fsp3) is 0.571. The second-order valence-electron chi connectivity index (χ2n) is 5.16. The standard InChI is InChI=1S/C14H18F4N2O/c1-8(19)14-11(15)4-9(5-12(14)16)20-2-3-21-7-10(20)6-13(17)18/h4-5,8,10,13H,2-3,6-7,19H2,1H3. The molecule has 2 rings (SSSR count). The van der Waals surface area contributed by atoms with Crippen LogP contribution in [0, 0.1) is 11.6 Å². The van der Waals surface area contributed by atoms with Gasteiger partial charge in [0, 0.05) is 30.3 Å². The first-order valence-electron chi connectivity index (χ1n) is 6.77. The summed E-state index contributed by atoms with van der Waals surface area (Å²) in [5.41, 5.74) is 5.57. The van der Waals surface area contributed by atoms with E-state index < -0.39 is 36.6 Å². The molecule has 1 saturated heterocycles. The Morgan fingerprint density at radius 2 is 1.95 bits per heavy atom. The third-order valence-electron chi connectivity index (χ3n) is 3.53. The number of anilines is 1. The molecule has 118 valence electrons. The van der Waals surface area contributed by atoms with Crippen molar-refractivity contribution < 1.29 is 22.3 Å². The van der Waals surface area contributed by atoms with E-state index in [0.717, 1.165) is 12.1 Å². The van der Waals surface area contributed by atoms with Gasteiger partial charge < -0.3 is 15.4 Å². The number of hydrogen-bond acceptors (Lipinski definition) is 3. The Morgan fingerprint density at radius 3 is 2.48 bits per heavy atom. The first kappa shape index (κ1) is 16.0. The van der Waals surface area contributed by atoms with E-state index in [1.165, 1.54) is 6.92 Å². The van der Waals surface area contributed by atoms with Crippen LogP contribution in [0.5, 0.6) is 0 Å². The lowest BCUT2D eigenvalue weighted by Crippen LogP contribution is -2.46. The Morgan fingerprint density at radius 1 is 1.33 bits per heavy atom. The summed E-state index contributed by atoms with van der Waals surface area (Å²) >= 11 is 0. The fourth-order valence-electron chi connectivity index (χ4n) is 2.57. The van der Waals surface area contributed by atoms with Crippen molar-refractivity contribution in [2.45, 2.75) is 31.9 Å². The monoisotopic (exact) mass is 306 g/mol. The van der Waals surface area contributed by atoms with Gasteiger partial charge in [0.2, 0.25) is 6.43 Å². The van der Waals surface area contributed by atoms with Gasteiger partial charge >= 0.3 is 0 Å². The van der Waals surface area contributed by atoms with Crippen molar-refractivity contribution in [2.75, 3.05) is 24.7 Å². The Balaban J connectivity index is 2.31. The van der Waals surface area contributed by atoms with Crippen LogP contribution in [-0.2, 0) is 4.74 Å². The lowest BCUT2D eigenvalue weighted by molar-refractivity contribution is 0.0584. The molecule has 1 aromatic carbocycles. The highest BCUT2D eigenvalue weighted by atomic mass is 19.3. The average Bonchev–Trinajstić information content (AvgIpc) is 2.37. The highest BCUT2D eigenvalue weighted by Crippen LogP contribution is 2.29. The number of hydrogen-bond donors (Lipinski definition) is 1. The molecular weight excluding hydrogens is 288 g/mol. The summed E-state index contributed by atoms with van der Waals surface area (Å²) in [4.78, 5) is 1.56. The maximum Gasteiger partial charge on any atom is 0.240 e. The summed E-state index contributed by atoms with van der Waals surface area (Å²) < 4.78 is 58.3. The van der Waals surface area contributed by atoms with Crippen LogP contribution in [0.3, 0.4) is 0 Å². The maximum atomic E-state index is 14.0. The number of morpholine rings is 1. The third-order valence-corrected chi connectivity index (χ3v) is 3.53. The Labute approximate surface area is 120 Å². The topological polar surface area (TPSA) is 38.5 Å². The Kier molecular flexibility index (Phi) is 5.05. The number of nitrogens with two attached hydrogens (primary N) is 1. The molecule has 0 saturated carbocycles. The average molecular weight is 306 g/mol. The zero-order valence-electron chi connectivity index (χ0n) is 11.7. The molecule has 2 unspecified atom stereocenters. The van der Waals surface area contributed by atoms with E-state index >= 15 is 0 Å². The molecule has 3 nitrogen and oxygen atoms in total. The van der Waals surface area contributed by atoms with Gasteiger partial charge in [-0.2, -0.15) is 0 Å². The van der Waals surface area contributed by atoms with Gasteiger partial charge in [0.05, 0.1) is 19.3 Å². The summed E-state index contributed by atoms with van der Waals surface area (Å²) in [7, 11) is 0. The van der Waals surface area contributed by atoms with Crippen LogP contribution in [0.2, 0.25) is 0 Å². The first-order valence-corrected chi connectivity index (χ1v) is 6.77. The third kappa shape index (κ3) is 3.65. The number of ether oxygens (including phenoxy) is 1. The van der Waals surface area contributed by atoms with Crippen molar-refractivity contribution in [1.29, 1.82) is 0 Å². The number of alkyl halides is 2. The van der Waals surface area contributed by atoms with Gasteiger partial charge in [-0.25, -0.2) is 17.6 Å². The summed E-state index contributed by atoms with van der Waals surface area (Å²) in [6, 6.07) is 0.913. The van der Waals surface area contributed by atoms with Crippen LogP contribution in [0.4, 0.5) is 23.2 Å². The predicted molar refractivity (Wildman–Crippen MR) is 71.5 cm³/mol. The molecule has 1 aliphatic rings. The van der Waals surface area contributed by atoms with Gasteiger partial charge in [0.25, 0.3) is 0 Å². The molecule has 0 radical (unpaired) electrons. The molecule has 1 heterocycles. The molecule has 2 N–H and O–H groups in total. The quantitative estimate of drug-likeness (QED) is 0.869. The van der Waals surface area contributed by atoms with E-state index in [2.05, 4.69) is 0 Å². The van der Waals surface area contributed by atoms with Crippen molar-refractivity contribution in [3.8, 4) is 0 Å². The Hall–Kier alpha value is -1.34. The lowest BCUT2D eigenvalue weighted by Gasteiger charge is -2.37. The van der Waals surface area contributed by atoms with E-state index in [4.69, 9.17) is 10.5 Å². The molecule has 0 aromatic heterocycles. The van der Waals surface area contributed by atoms with Crippen molar-refractivity contribution in [2.24, 2.45) is 5.73 Å². The highest BCUT2D eigenvalue weighted by Gasteiger charge is 2.28. The minimum absolute atomic E-state index is 0.114. The smallest absolute Gasteiger partial charge is 0.240 e. The van der Waals surface area contributed by atoms with Crippen LogP contribution in [0.1, 0.15) is 24.9 Å². The Bertz CT molecular complexity index is 473. The van der Waals surface area contributed by atoms with Crippen molar-refractivity contribution in [1.82, 2.24) is 0 Å². The second-order valence-corrected chi connectivity index (χ2v) is 5.16. The minimum atomic E-state index is -2.50. The van der Waals surface area contributed by atoms with Gasteiger partial charge in [0.15, 0.2) is 0 Å². The summed E-state index contributed by atoms with van der Waals surface area (Å²) in [5, 5.41) is 0. The van der Waals surface area contributed by atoms with Crippen molar-refractivity contribution in [3.63, 3.8) is 0 Å². The molecule has 1 aliphatic heterocycles. The molecule has 1 fully saturated rings. The maximum absolute atomic E-state index is 14.0. The summed E-state index contributed by atoms with van der Waals surface area (Å²) in [6.45, 7) is 2.24. The van der Waals surface area contributed by atoms with Crippen LogP contribution in [-0.4, -0.2) is 32.2 Å². The van der Waals surface area contributed by atoms with Crippen LogP contribution in [0.25, 0.3) is 0 Å². The van der Waals surface area contributed by atoms with Gasteiger partial charge in [0.1, 0.15) is 11.6 Å². The zero-order chi connectivity index (χ0) is 15.6. The molecule has 2 atom stereocenters. The molecule has 21 heavy (non-hydrogen) atoms. The van der Waals surface area contributed by atoms with Crippen molar-refractivity contribution >= 4 is 5.69 Å². The molecule has 7 heteroatoms. The molecular formula is C14H18F4N2O. The van der Waals surface area contributed by atoms with E-state index in [9.17, 15) is 17.6 Å². The normalized spacial score (nSPS) is 20.9. The molecule has 1 aromatic rings. The van der Waals surface area contributed by atoms with E-state index in [-0.39, 0.29) is 17.9 Å². The minimum Gasteiger partial charge on any atom is -0.377 e. The summed E-state index contributed by atoms with van der Waals surface area (Å²) in [6.07, 6.45) is -2.91. The number of rotatable bonds is 4. The lowest BCUT2D eigenvalue weighted by atomic mass is 10.0. The zero-order valence-corrected chi connectivity index (χ0v) is 11.7. The fourth-order valence-corrected chi connectivity index (χ4v) is 2.57. The van der Waals surface area contributed by atoms with E-state index in [0.29, 0.717) is 13.2 Å². The van der Waals surface area contributed by atoms with Gasteiger partial charge in [-0.15, -0.1) is 0 Å². The molecule has 0 amide bonds. The van der Waals surface area contributed by atoms with Gasteiger partial charge in [-0.3, -0.25) is 0 Å². The van der Waals surface area contributed by atoms with Crippen molar-refractivity contribution in [3.05, 3.63) is 29.3 Å². The molecule has 0 bridgehead atoms. The van der Waals surface area contributed by atoms with E-state index in [1.807, 2.05) is 0 Å². The number of halogens is 4. The molecule has 0 spiro atoms. The highest BCUT2D eigenvalue weighted by molar-refractivity contribution is 5.50.